The lowest BCUT2D eigenvalue weighted by Gasteiger charge is -2.35. The summed E-state index contributed by atoms with van der Waals surface area (Å²) in [6, 6.07) is 11.0. The highest BCUT2D eigenvalue weighted by Crippen LogP contribution is 2.50. The Kier molecular flexibility index (Phi) is 2.76. The molecule has 0 N–H and O–H groups in total. The van der Waals surface area contributed by atoms with E-state index in [1.54, 1.807) is 0 Å². The molecule has 94 valence electrons. The molecule has 2 fully saturated rings. The van der Waals surface area contributed by atoms with Gasteiger partial charge in [-0.3, -0.25) is 0 Å². The van der Waals surface area contributed by atoms with Crippen molar-refractivity contribution in [2.24, 2.45) is 0 Å². The van der Waals surface area contributed by atoms with Crippen LogP contribution in [0.5, 0.6) is 0 Å². The van der Waals surface area contributed by atoms with Gasteiger partial charge in [-0.2, -0.15) is 5.26 Å². The molecule has 3 heteroatoms. The average molecular weight is 241 g/mol. The quantitative estimate of drug-likeness (QED) is 0.793. The van der Waals surface area contributed by atoms with Crippen LogP contribution in [-0.2, 0) is 5.41 Å². The Labute approximate surface area is 109 Å². The summed E-state index contributed by atoms with van der Waals surface area (Å²) < 4.78 is 0. The first kappa shape index (κ1) is 11.6. The van der Waals surface area contributed by atoms with Gasteiger partial charge in [0.15, 0.2) is 0 Å². The smallest absolute Gasteiger partial charge is 0.0843 e. The Hall–Kier alpha value is -1.53. The van der Waals surface area contributed by atoms with Gasteiger partial charge in [0, 0.05) is 31.9 Å². The summed E-state index contributed by atoms with van der Waals surface area (Å²) in [7, 11) is 2.17. The predicted octanol–water partition coefficient (Wildman–Crippen LogP) is 1.99. The van der Waals surface area contributed by atoms with Crippen molar-refractivity contribution in [3.63, 3.8) is 0 Å². The van der Waals surface area contributed by atoms with Crippen molar-refractivity contribution in [3.05, 3.63) is 29.8 Å². The number of para-hydroxylation sites is 1. The van der Waals surface area contributed by atoms with E-state index in [1.165, 1.54) is 11.3 Å². The molecule has 18 heavy (non-hydrogen) atoms. The molecule has 3 nitrogen and oxygen atoms in total. The van der Waals surface area contributed by atoms with Crippen LogP contribution in [0.1, 0.15) is 18.4 Å². The number of piperazine rings is 1. The number of nitriles is 1. The van der Waals surface area contributed by atoms with E-state index in [0.717, 1.165) is 39.0 Å². The van der Waals surface area contributed by atoms with E-state index in [0.29, 0.717) is 0 Å². The number of rotatable bonds is 2. The molecule has 2 aliphatic rings. The van der Waals surface area contributed by atoms with Gasteiger partial charge >= 0.3 is 0 Å². The van der Waals surface area contributed by atoms with Crippen LogP contribution in [-0.4, -0.2) is 38.1 Å². The van der Waals surface area contributed by atoms with E-state index in [9.17, 15) is 5.26 Å². The highest BCUT2D eigenvalue weighted by molar-refractivity contribution is 5.61. The molecule has 1 aromatic carbocycles. The minimum Gasteiger partial charge on any atom is -0.369 e. The summed E-state index contributed by atoms with van der Waals surface area (Å²) in [6.07, 6.45) is 2.04. The minimum atomic E-state index is -0.181. The molecule has 1 aromatic rings. The highest BCUT2D eigenvalue weighted by atomic mass is 15.2. The SMILES string of the molecule is CN1CCN(c2ccccc2C2(C#N)CC2)CC1. The first-order valence-electron chi connectivity index (χ1n) is 6.69. The standard InChI is InChI=1S/C15H19N3/c1-17-8-10-18(11-9-17)14-5-3-2-4-13(14)15(12-16)6-7-15/h2-5H,6-11H2,1H3. The van der Waals surface area contributed by atoms with Crippen molar-refractivity contribution in [2.75, 3.05) is 38.1 Å². The first-order valence-corrected chi connectivity index (χ1v) is 6.69. The van der Waals surface area contributed by atoms with Gasteiger partial charge in [0.05, 0.1) is 11.5 Å². The third-order valence-electron chi connectivity index (χ3n) is 4.23. The van der Waals surface area contributed by atoms with Crippen LogP contribution in [0, 0.1) is 11.3 Å². The largest absolute Gasteiger partial charge is 0.369 e. The lowest BCUT2D eigenvalue weighted by Crippen LogP contribution is -2.45. The molecular formula is C15H19N3. The van der Waals surface area contributed by atoms with Gasteiger partial charge in [0.2, 0.25) is 0 Å². The molecule has 0 radical (unpaired) electrons. The molecule has 1 saturated carbocycles. The third kappa shape index (κ3) is 1.87. The molecule has 0 unspecified atom stereocenters. The van der Waals surface area contributed by atoms with Gasteiger partial charge in [0.25, 0.3) is 0 Å². The molecule has 1 heterocycles. The Morgan fingerprint density at radius 1 is 1.11 bits per heavy atom. The normalized spacial score (nSPS) is 22.6. The summed E-state index contributed by atoms with van der Waals surface area (Å²) in [6.45, 7) is 4.34. The lowest BCUT2D eigenvalue weighted by atomic mass is 9.95. The number of likely N-dealkylation sites (N-methyl/N-ethyl adjacent to an activating group) is 1. The summed E-state index contributed by atoms with van der Waals surface area (Å²) in [4.78, 5) is 4.79. The van der Waals surface area contributed by atoms with Gasteiger partial charge in [0.1, 0.15) is 0 Å². The number of anilines is 1. The molecule has 0 amide bonds. The second-order valence-corrected chi connectivity index (χ2v) is 5.50. The van der Waals surface area contributed by atoms with E-state index in [-0.39, 0.29) is 5.41 Å². The van der Waals surface area contributed by atoms with Crippen molar-refractivity contribution in [1.82, 2.24) is 4.90 Å². The van der Waals surface area contributed by atoms with Crippen LogP contribution in [0.3, 0.4) is 0 Å². The Morgan fingerprint density at radius 2 is 1.78 bits per heavy atom. The number of hydrogen-bond donors (Lipinski definition) is 0. The van der Waals surface area contributed by atoms with Crippen LogP contribution in [0.2, 0.25) is 0 Å². The summed E-state index contributed by atoms with van der Waals surface area (Å²) in [5, 5.41) is 9.40. The minimum absolute atomic E-state index is 0.181. The molecule has 1 aliphatic heterocycles. The van der Waals surface area contributed by atoms with Crippen molar-refractivity contribution < 1.29 is 0 Å². The molecule has 1 saturated heterocycles. The maximum absolute atomic E-state index is 9.40. The maximum Gasteiger partial charge on any atom is 0.0843 e. The fraction of sp³-hybridized carbons (Fsp3) is 0.533. The number of hydrogen-bond acceptors (Lipinski definition) is 3. The Balaban J connectivity index is 1.91. The zero-order valence-corrected chi connectivity index (χ0v) is 10.9. The van der Waals surface area contributed by atoms with Crippen LogP contribution >= 0.6 is 0 Å². The van der Waals surface area contributed by atoms with Crippen LogP contribution in [0.15, 0.2) is 24.3 Å². The van der Waals surface area contributed by atoms with Crippen LogP contribution in [0.25, 0.3) is 0 Å². The van der Waals surface area contributed by atoms with E-state index >= 15 is 0 Å². The monoisotopic (exact) mass is 241 g/mol. The summed E-state index contributed by atoms with van der Waals surface area (Å²) in [5.74, 6) is 0. The third-order valence-corrected chi connectivity index (χ3v) is 4.23. The fourth-order valence-electron chi connectivity index (χ4n) is 2.77. The van der Waals surface area contributed by atoms with Gasteiger partial charge in [-0.25, -0.2) is 0 Å². The van der Waals surface area contributed by atoms with Crippen molar-refractivity contribution in [1.29, 1.82) is 5.26 Å². The van der Waals surface area contributed by atoms with Gasteiger partial charge < -0.3 is 9.80 Å². The molecule has 0 bridgehead atoms. The van der Waals surface area contributed by atoms with Crippen LogP contribution in [0.4, 0.5) is 5.69 Å². The number of benzene rings is 1. The molecule has 0 atom stereocenters. The molecule has 0 aromatic heterocycles. The molecule has 1 aliphatic carbocycles. The molecule has 3 rings (SSSR count). The maximum atomic E-state index is 9.40. The van der Waals surface area contributed by atoms with Gasteiger partial charge in [-0.15, -0.1) is 0 Å². The second kappa shape index (κ2) is 4.29. The van der Waals surface area contributed by atoms with E-state index in [1.807, 2.05) is 0 Å². The van der Waals surface area contributed by atoms with Crippen LogP contribution < -0.4 is 4.90 Å². The zero-order chi connectivity index (χ0) is 12.6. The van der Waals surface area contributed by atoms with Crippen molar-refractivity contribution in [3.8, 4) is 6.07 Å². The highest BCUT2D eigenvalue weighted by Gasteiger charge is 2.46. The van der Waals surface area contributed by atoms with Gasteiger partial charge in [-0.05, 0) is 31.5 Å². The van der Waals surface area contributed by atoms with E-state index in [2.05, 4.69) is 47.2 Å². The Bertz CT molecular complexity index is 477. The van der Waals surface area contributed by atoms with Gasteiger partial charge in [-0.1, -0.05) is 18.2 Å². The van der Waals surface area contributed by atoms with Crippen molar-refractivity contribution >= 4 is 5.69 Å². The first-order chi connectivity index (χ1) is 8.75. The Morgan fingerprint density at radius 3 is 2.39 bits per heavy atom. The summed E-state index contributed by atoms with van der Waals surface area (Å²) >= 11 is 0. The lowest BCUT2D eigenvalue weighted by molar-refractivity contribution is 0.312. The number of nitrogens with zero attached hydrogens (tertiary/aromatic N) is 3. The zero-order valence-electron chi connectivity index (χ0n) is 10.9. The molecule has 0 spiro atoms. The molecular weight excluding hydrogens is 222 g/mol. The summed E-state index contributed by atoms with van der Waals surface area (Å²) in [5.41, 5.74) is 2.35. The van der Waals surface area contributed by atoms with E-state index < -0.39 is 0 Å². The topological polar surface area (TPSA) is 30.3 Å². The van der Waals surface area contributed by atoms with E-state index in [4.69, 9.17) is 0 Å². The second-order valence-electron chi connectivity index (χ2n) is 5.50. The predicted molar refractivity (Wildman–Crippen MR) is 72.7 cm³/mol. The average Bonchev–Trinajstić information content (AvgIpc) is 3.21. The fourth-order valence-corrected chi connectivity index (χ4v) is 2.77. The van der Waals surface area contributed by atoms with Crippen molar-refractivity contribution in [2.45, 2.75) is 18.3 Å².